The maximum atomic E-state index is 10.1. The van der Waals surface area contributed by atoms with Gasteiger partial charge in [0.2, 0.25) is 6.20 Å². The Bertz CT molecular complexity index is 500. The molecule has 2 aromatic rings. The molecule has 2 rings (SSSR count). The summed E-state index contributed by atoms with van der Waals surface area (Å²) in [5.41, 5.74) is 1.86. The summed E-state index contributed by atoms with van der Waals surface area (Å²) in [4.78, 5) is 12.7. The van der Waals surface area contributed by atoms with Crippen molar-refractivity contribution in [3.05, 3.63) is 52.3 Å². The van der Waals surface area contributed by atoms with E-state index in [4.69, 9.17) is 0 Å². The summed E-state index contributed by atoms with van der Waals surface area (Å²) in [6.45, 7) is 0. The van der Waals surface area contributed by atoms with Crippen molar-refractivity contribution in [2.75, 3.05) is 0 Å². The van der Waals surface area contributed by atoms with Gasteiger partial charge in [-0.1, -0.05) is 6.07 Å². The van der Waals surface area contributed by atoms with Crippen LogP contribution in [-0.4, -0.2) is 9.91 Å². The topological polar surface area (TPSA) is 58.9 Å². The second-order valence-electron chi connectivity index (χ2n) is 2.93. The average Bonchev–Trinajstić information content (AvgIpc) is 2.61. The zero-order valence-corrected chi connectivity index (χ0v) is 7.31. The van der Waals surface area contributed by atoms with Crippen LogP contribution in [-0.2, 0) is 0 Å². The van der Waals surface area contributed by atoms with E-state index < -0.39 is 4.92 Å². The van der Waals surface area contributed by atoms with Crippen molar-refractivity contribution in [1.82, 2.24) is 4.98 Å². The summed E-state index contributed by atoms with van der Waals surface area (Å²) in [5.74, 6) is 0. The van der Waals surface area contributed by atoms with Crippen LogP contribution >= 0.6 is 0 Å². The summed E-state index contributed by atoms with van der Waals surface area (Å²) in [6, 6.07) is 7.55. The van der Waals surface area contributed by atoms with Crippen molar-refractivity contribution in [2.45, 2.75) is 0 Å². The van der Waals surface area contributed by atoms with Gasteiger partial charge in [0.05, 0.1) is 4.92 Å². The maximum absolute atomic E-state index is 10.1. The van der Waals surface area contributed by atoms with Crippen molar-refractivity contribution in [3.8, 4) is 0 Å². The van der Waals surface area contributed by atoms with Crippen LogP contribution in [0.3, 0.4) is 0 Å². The number of nitrogens with one attached hydrogen (secondary N) is 1. The molecule has 0 radical (unpaired) electrons. The van der Waals surface area contributed by atoms with Gasteiger partial charge in [-0.05, 0) is 29.1 Å². The largest absolute Gasteiger partial charge is 0.361 e. The molecule has 1 heterocycles. The number of fused-ring (bicyclic) bond motifs is 1. The summed E-state index contributed by atoms with van der Waals surface area (Å²) in [6.07, 6.45) is 4.26. The quantitative estimate of drug-likeness (QED) is 0.581. The van der Waals surface area contributed by atoms with E-state index >= 15 is 0 Å². The van der Waals surface area contributed by atoms with Crippen molar-refractivity contribution < 1.29 is 4.92 Å². The predicted molar refractivity (Wildman–Crippen MR) is 54.3 cm³/mol. The summed E-state index contributed by atoms with van der Waals surface area (Å²) < 4.78 is 0. The van der Waals surface area contributed by atoms with Gasteiger partial charge >= 0.3 is 0 Å². The molecule has 0 saturated carbocycles. The number of hydrogen-bond acceptors (Lipinski definition) is 2. The fourth-order valence-corrected chi connectivity index (χ4v) is 1.32. The number of hydrogen-bond donors (Lipinski definition) is 1. The molecular formula is C10H8N2O2. The molecule has 4 nitrogen and oxygen atoms in total. The normalized spacial score (nSPS) is 11.1. The van der Waals surface area contributed by atoms with Crippen LogP contribution in [0.15, 0.2) is 36.7 Å². The van der Waals surface area contributed by atoms with E-state index in [-0.39, 0.29) is 0 Å². The molecule has 0 aliphatic rings. The molecule has 0 fully saturated rings. The van der Waals surface area contributed by atoms with Gasteiger partial charge < -0.3 is 4.98 Å². The first-order valence-corrected chi connectivity index (χ1v) is 4.14. The number of nitrogens with zero attached hydrogens (tertiary/aromatic N) is 1. The highest BCUT2D eigenvalue weighted by Crippen LogP contribution is 2.14. The molecule has 0 aliphatic heterocycles. The molecule has 14 heavy (non-hydrogen) atoms. The lowest BCUT2D eigenvalue weighted by molar-refractivity contribution is -0.400. The van der Waals surface area contributed by atoms with Gasteiger partial charge in [0.15, 0.2) is 0 Å². The van der Waals surface area contributed by atoms with Crippen LogP contribution in [0.1, 0.15) is 5.56 Å². The Balaban J connectivity index is 2.39. The summed E-state index contributed by atoms with van der Waals surface area (Å²) >= 11 is 0. The molecule has 0 amide bonds. The first kappa shape index (κ1) is 8.50. The average molecular weight is 188 g/mol. The van der Waals surface area contributed by atoms with E-state index in [1.54, 1.807) is 0 Å². The predicted octanol–water partition coefficient (Wildman–Crippen LogP) is 2.42. The van der Waals surface area contributed by atoms with E-state index in [1.807, 2.05) is 30.5 Å². The molecule has 0 bridgehead atoms. The third-order valence-corrected chi connectivity index (χ3v) is 1.97. The molecule has 0 aliphatic carbocycles. The fourth-order valence-electron chi connectivity index (χ4n) is 1.32. The molecule has 0 unspecified atom stereocenters. The van der Waals surface area contributed by atoms with E-state index in [0.717, 1.165) is 22.7 Å². The van der Waals surface area contributed by atoms with E-state index in [2.05, 4.69) is 4.98 Å². The van der Waals surface area contributed by atoms with Crippen molar-refractivity contribution in [2.24, 2.45) is 0 Å². The van der Waals surface area contributed by atoms with Crippen LogP contribution in [0.2, 0.25) is 0 Å². The number of aromatic amines is 1. The Morgan fingerprint density at radius 1 is 1.36 bits per heavy atom. The van der Waals surface area contributed by atoms with Gasteiger partial charge in [-0.2, -0.15) is 0 Å². The van der Waals surface area contributed by atoms with Gasteiger partial charge in [-0.15, -0.1) is 0 Å². The van der Waals surface area contributed by atoms with Crippen molar-refractivity contribution in [3.63, 3.8) is 0 Å². The number of rotatable bonds is 2. The van der Waals surface area contributed by atoms with Gasteiger partial charge in [0.25, 0.3) is 0 Å². The molecule has 1 aromatic carbocycles. The first-order valence-electron chi connectivity index (χ1n) is 4.14. The number of nitro groups is 1. The molecule has 1 aromatic heterocycles. The summed E-state index contributed by atoms with van der Waals surface area (Å²) in [7, 11) is 0. The third kappa shape index (κ3) is 1.64. The molecule has 0 spiro atoms. The second kappa shape index (κ2) is 3.33. The minimum Gasteiger partial charge on any atom is -0.361 e. The minimum absolute atomic E-state index is 0.471. The SMILES string of the molecule is O=[N+]([O-])/C=C/c1ccc2[nH]ccc2c1. The monoisotopic (exact) mass is 188 g/mol. The standard InChI is InChI=1S/C10H8N2O2/c13-12(14)6-4-8-1-2-10-9(7-8)3-5-11-10/h1-7,11H/b6-4+. The zero-order valence-electron chi connectivity index (χ0n) is 7.31. The van der Waals surface area contributed by atoms with Crippen molar-refractivity contribution in [1.29, 1.82) is 0 Å². The zero-order chi connectivity index (χ0) is 9.97. The lowest BCUT2D eigenvalue weighted by Crippen LogP contribution is -1.82. The first-order chi connectivity index (χ1) is 6.75. The number of benzene rings is 1. The van der Waals surface area contributed by atoms with Gasteiger partial charge in [-0.3, -0.25) is 10.1 Å². The van der Waals surface area contributed by atoms with Gasteiger partial charge in [0, 0.05) is 17.8 Å². The van der Waals surface area contributed by atoms with Crippen LogP contribution in [0.5, 0.6) is 0 Å². The smallest absolute Gasteiger partial charge is 0.235 e. The molecule has 0 atom stereocenters. The molecule has 4 heteroatoms. The fraction of sp³-hybridized carbons (Fsp3) is 0. The Kier molecular flexibility index (Phi) is 2.02. The number of H-pyrrole nitrogens is 1. The number of aromatic nitrogens is 1. The van der Waals surface area contributed by atoms with Crippen LogP contribution in [0.4, 0.5) is 0 Å². The third-order valence-electron chi connectivity index (χ3n) is 1.97. The second-order valence-corrected chi connectivity index (χ2v) is 2.93. The maximum Gasteiger partial charge on any atom is 0.235 e. The van der Waals surface area contributed by atoms with Crippen LogP contribution < -0.4 is 0 Å². The van der Waals surface area contributed by atoms with Gasteiger partial charge in [0.1, 0.15) is 0 Å². The van der Waals surface area contributed by atoms with E-state index in [9.17, 15) is 10.1 Å². The molecule has 0 saturated heterocycles. The van der Waals surface area contributed by atoms with Gasteiger partial charge in [-0.25, -0.2) is 0 Å². The highest BCUT2D eigenvalue weighted by Gasteiger charge is 1.95. The molecule has 1 N–H and O–H groups in total. The van der Waals surface area contributed by atoms with Crippen LogP contribution in [0.25, 0.3) is 17.0 Å². The minimum atomic E-state index is -0.471. The lowest BCUT2D eigenvalue weighted by atomic mass is 10.1. The van der Waals surface area contributed by atoms with Crippen LogP contribution in [0, 0.1) is 10.1 Å². The Hall–Kier alpha value is -2.10. The Morgan fingerprint density at radius 3 is 3.00 bits per heavy atom. The highest BCUT2D eigenvalue weighted by atomic mass is 16.6. The Labute approximate surface area is 80.0 Å². The highest BCUT2D eigenvalue weighted by molar-refractivity contribution is 5.81. The summed E-state index contributed by atoms with van der Waals surface area (Å²) in [5, 5.41) is 11.2. The lowest BCUT2D eigenvalue weighted by Gasteiger charge is -1.92. The molecular weight excluding hydrogens is 180 g/mol. The Morgan fingerprint density at radius 2 is 2.21 bits per heavy atom. The molecule has 70 valence electrons. The van der Waals surface area contributed by atoms with E-state index in [0.29, 0.717) is 0 Å². The van der Waals surface area contributed by atoms with E-state index in [1.165, 1.54) is 6.08 Å². The van der Waals surface area contributed by atoms with Crippen molar-refractivity contribution >= 4 is 17.0 Å².